The summed E-state index contributed by atoms with van der Waals surface area (Å²) in [6.45, 7) is 2.72. The van der Waals surface area contributed by atoms with Crippen LogP contribution in [0.4, 0.5) is 5.69 Å². The van der Waals surface area contributed by atoms with E-state index in [4.69, 9.17) is 0 Å². The van der Waals surface area contributed by atoms with E-state index >= 15 is 0 Å². The Morgan fingerprint density at radius 1 is 1.23 bits per heavy atom. The van der Waals surface area contributed by atoms with E-state index in [-0.39, 0.29) is 17.9 Å². The Hall–Kier alpha value is -2.10. The molecule has 0 spiro atoms. The molecule has 0 saturated heterocycles. The Bertz CT molecular complexity index is 748. The number of para-hydroxylation sites is 1. The molecule has 1 aromatic carbocycles. The minimum absolute atomic E-state index is 0.00988. The van der Waals surface area contributed by atoms with Crippen LogP contribution in [-0.2, 0) is 16.0 Å². The summed E-state index contributed by atoms with van der Waals surface area (Å²) in [5, 5.41) is 3.05. The SMILES string of the molecule is CC1Cc2ccccc2N1C(=O)C1(C(=O)NCCC2=CCCCC2)CC1. The molecule has 1 atom stereocenters. The second kappa shape index (κ2) is 6.90. The first kappa shape index (κ1) is 17.3. The molecule has 2 amide bonds. The third-order valence-electron chi connectivity index (χ3n) is 6.14. The molecule has 1 heterocycles. The first-order valence-corrected chi connectivity index (χ1v) is 9.99. The number of carbonyl (C=O) groups is 2. The van der Waals surface area contributed by atoms with Crippen molar-refractivity contribution in [3.8, 4) is 0 Å². The van der Waals surface area contributed by atoms with Crippen LogP contribution < -0.4 is 10.2 Å². The highest BCUT2D eigenvalue weighted by Crippen LogP contribution is 2.49. The number of fused-ring (bicyclic) bond motifs is 1. The fraction of sp³-hybridized carbons (Fsp3) is 0.545. The number of hydrogen-bond donors (Lipinski definition) is 1. The average Bonchev–Trinajstić information content (AvgIpc) is 3.40. The molecule has 4 rings (SSSR count). The lowest BCUT2D eigenvalue weighted by atomic mass is 9.97. The Morgan fingerprint density at radius 3 is 2.77 bits per heavy atom. The number of benzene rings is 1. The van der Waals surface area contributed by atoms with Crippen molar-refractivity contribution in [1.82, 2.24) is 5.32 Å². The smallest absolute Gasteiger partial charge is 0.242 e. The largest absolute Gasteiger partial charge is 0.355 e. The molecule has 4 heteroatoms. The Kier molecular flexibility index (Phi) is 4.60. The average molecular weight is 352 g/mol. The van der Waals surface area contributed by atoms with Gasteiger partial charge in [0.1, 0.15) is 5.41 Å². The van der Waals surface area contributed by atoms with E-state index in [1.54, 1.807) is 0 Å². The first-order chi connectivity index (χ1) is 12.6. The van der Waals surface area contributed by atoms with Crippen LogP contribution in [-0.4, -0.2) is 24.4 Å². The first-order valence-electron chi connectivity index (χ1n) is 9.99. The summed E-state index contributed by atoms with van der Waals surface area (Å²) in [4.78, 5) is 27.9. The standard InChI is InChI=1S/C22H28N2O2/c1-16-15-18-9-5-6-10-19(18)24(16)21(26)22(12-13-22)20(25)23-14-11-17-7-3-2-4-8-17/h5-7,9-10,16H,2-4,8,11-15H2,1H3,(H,23,25). The molecular formula is C22H28N2O2. The lowest BCUT2D eigenvalue weighted by Crippen LogP contribution is -2.47. The van der Waals surface area contributed by atoms with Gasteiger partial charge in [0.05, 0.1) is 0 Å². The van der Waals surface area contributed by atoms with Gasteiger partial charge in [-0.1, -0.05) is 29.8 Å². The lowest BCUT2D eigenvalue weighted by Gasteiger charge is -2.27. The van der Waals surface area contributed by atoms with Crippen LogP contribution in [0, 0.1) is 5.41 Å². The molecule has 0 bridgehead atoms. The summed E-state index contributed by atoms with van der Waals surface area (Å²) in [7, 11) is 0. The lowest BCUT2D eigenvalue weighted by molar-refractivity contribution is -0.135. The minimum atomic E-state index is -0.827. The van der Waals surface area contributed by atoms with E-state index in [1.807, 2.05) is 23.1 Å². The molecule has 1 aliphatic heterocycles. The van der Waals surface area contributed by atoms with Gasteiger partial charge in [0.2, 0.25) is 11.8 Å². The molecule has 1 N–H and O–H groups in total. The van der Waals surface area contributed by atoms with Crippen LogP contribution >= 0.6 is 0 Å². The maximum Gasteiger partial charge on any atom is 0.242 e. The molecule has 1 saturated carbocycles. The van der Waals surface area contributed by atoms with Crippen molar-refractivity contribution in [2.75, 3.05) is 11.4 Å². The second-order valence-electron chi connectivity index (χ2n) is 8.05. The van der Waals surface area contributed by atoms with Crippen LogP contribution in [0.25, 0.3) is 0 Å². The molecule has 138 valence electrons. The van der Waals surface area contributed by atoms with E-state index in [0.29, 0.717) is 19.4 Å². The van der Waals surface area contributed by atoms with Gasteiger partial charge >= 0.3 is 0 Å². The van der Waals surface area contributed by atoms with Gasteiger partial charge in [0.25, 0.3) is 0 Å². The quantitative estimate of drug-likeness (QED) is 0.648. The molecule has 0 aromatic heterocycles. The summed E-state index contributed by atoms with van der Waals surface area (Å²) in [6.07, 6.45) is 10.3. The van der Waals surface area contributed by atoms with Crippen molar-refractivity contribution < 1.29 is 9.59 Å². The third kappa shape index (κ3) is 3.06. The molecule has 3 aliphatic rings. The topological polar surface area (TPSA) is 49.4 Å². The van der Waals surface area contributed by atoms with Gasteiger partial charge in [-0.3, -0.25) is 9.59 Å². The zero-order valence-electron chi connectivity index (χ0n) is 15.6. The summed E-state index contributed by atoms with van der Waals surface area (Å²) < 4.78 is 0. The Labute approximate surface area is 155 Å². The van der Waals surface area contributed by atoms with Gasteiger partial charge in [-0.05, 0) is 69.9 Å². The van der Waals surface area contributed by atoms with Crippen molar-refractivity contribution in [1.29, 1.82) is 0 Å². The number of nitrogens with zero attached hydrogens (tertiary/aromatic N) is 1. The van der Waals surface area contributed by atoms with Gasteiger partial charge in [-0.15, -0.1) is 0 Å². The third-order valence-corrected chi connectivity index (χ3v) is 6.14. The van der Waals surface area contributed by atoms with Crippen molar-refractivity contribution in [2.24, 2.45) is 5.41 Å². The monoisotopic (exact) mass is 352 g/mol. The van der Waals surface area contributed by atoms with Crippen LogP contribution in [0.2, 0.25) is 0 Å². The van der Waals surface area contributed by atoms with E-state index in [1.165, 1.54) is 24.0 Å². The Balaban J connectivity index is 1.41. The number of anilines is 1. The molecule has 2 aliphatic carbocycles. The predicted molar refractivity (Wildman–Crippen MR) is 103 cm³/mol. The number of nitrogens with one attached hydrogen (secondary N) is 1. The van der Waals surface area contributed by atoms with Gasteiger partial charge in [0, 0.05) is 18.3 Å². The van der Waals surface area contributed by atoms with Crippen molar-refractivity contribution >= 4 is 17.5 Å². The van der Waals surface area contributed by atoms with E-state index in [0.717, 1.165) is 31.4 Å². The number of hydrogen-bond acceptors (Lipinski definition) is 2. The molecule has 26 heavy (non-hydrogen) atoms. The zero-order chi connectivity index (χ0) is 18.1. The van der Waals surface area contributed by atoms with Gasteiger partial charge < -0.3 is 10.2 Å². The van der Waals surface area contributed by atoms with E-state index in [9.17, 15) is 9.59 Å². The summed E-state index contributed by atoms with van der Waals surface area (Å²) in [6, 6.07) is 8.18. The van der Waals surface area contributed by atoms with Crippen LogP contribution in [0.3, 0.4) is 0 Å². The normalized spacial score (nSPS) is 23.2. The Morgan fingerprint density at radius 2 is 2.04 bits per heavy atom. The summed E-state index contributed by atoms with van der Waals surface area (Å²) in [5.41, 5.74) is 2.81. The zero-order valence-corrected chi connectivity index (χ0v) is 15.6. The second-order valence-corrected chi connectivity index (χ2v) is 8.05. The van der Waals surface area contributed by atoms with E-state index in [2.05, 4.69) is 24.4 Å². The number of amides is 2. The van der Waals surface area contributed by atoms with Crippen molar-refractivity contribution in [3.63, 3.8) is 0 Å². The fourth-order valence-corrected chi connectivity index (χ4v) is 4.41. The number of rotatable bonds is 5. The summed E-state index contributed by atoms with van der Waals surface area (Å²) >= 11 is 0. The molecule has 0 radical (unpaired) electrons. The molecule has 1 unspecified atom stereocenters. The van der Waals surface area contributed by atoms with Crippen LogP contribution in [0.5, 0.6) is 0 Å². The molecular weight excluding hydrogens is 324 g/mol. The highest BCUT2D eigenvalue weighted by Gasteiger charge is 2.59. The number of carbonyl (C=O) groups excluding carboxylic acids is 2. The number of allylic oxidation sites excluding steroid dienone is 1. The highest BCUT2D eigenvalue weighted by atomic mass is 16.2. The van der Waals surface area contributed by atoms with Crippen molar-refractivity contribution in [2.45, 2.75) is 64.3 Å². The van der Waals surface area contributed by atoms with Crippen molar-refractivity contribution in [3.05, 3.63) is 41.5 Å². The van der Waals surface area contributed by atoms with E-state index < -0.39 is 5.41 Å². The molecule has 4 nitrogen and oxygen atoms in total. The fourth-order valence-electron chi connectivity index (χ4n) is 4.41. The van der Waals surface area contributed by atoms with Crippen LogP contribution in [0.15, 0.2) is 35.9 Å². The molecule has 1 aromatic rings. The maximum absolute atomic E-state index is 13.3. The predicted octanol–water partition coefficient (Wildman–Crippen LogP) is 3.75. The maximum atomic E-state index is 13.3. The van der Waals surface area contributed by atoms with Crippen LogP contribution in [0.1, 0.15) is 57.4 Å². The minimum Gasteiger partial charge on any atom is -0.355 e. The summed E-state index contributed by atoms with van der Waals surface area (Å²) in [5.74, 6) is -0.0835. The van der Waals surface area contributed by atoms with Gasteiger partial charge in [0.15, 0.2) is 0 Å². The molecule has 1 fully saturated rings. The highest BCUT2D eigenvalue weighted by molar-refractivity contribution is 6.15. The van der Waals surface area contributed by atoms with Gasteiger partial charge in [-0.25, -0.2) is 0 Å². The van der Waals surface area contributed by atoms with Gasteiger partial charge in [-0.2, -0.15) is 0 Å².